The standard InChI is InChI=1S/C8H10N2O2S/c11-10(12)8-3-6(5-13-8)4-9-7-1-2-7/h3,5,7,9H,1-2,4H2. The number of rotatable bonds is 4. The lowest BCUT2D eigenvalue weighted by Crippen LogP contribution is -2.14. The Morgan fingerprint density at radius 2 is 2.46 bits per heavy atom. The highest BCUT2D eigenvalue weighted by Gasteiger charge is 2.20. The molecule has 1 aliphatic rings. The summed E-state index contributed by atoms with van der Waals surface area (Å²) in [5.74, 6) is 0. The molecule has 1 N–H and O–H groups in total. The Morgan fingerprint density at radius 1 is 1.69 bits per heavy atom. The van der Waals surface area contributed by atoms with E-state index in [1.54, 1.807) is 6.07 Å². The molecule has 0 saturated heterocycles. The lowest BCUT2D eigenvalue weighted by atomic mass is 10.3. The molecule has 0 spiro atoms. The van der Waals surface area contributed by atoms with Gasteiger partial charge in [-0.2, -0.15) is 0 Å². The smallest absolute Gasteiger partial charge is 0.310 e. The van der Waals surface area contributed by atoms with Gasteiger partial charge < -0.3 is 5.32 Å². The van der Waals surface area contributed by atoms with Crippen LogP contribution in [0.15, 0.2) is 11.4 Å². The fraction of sp³-hybridized carbons (Fsp3) is 0.500. The summed E-state index contributed by atoms with van der Waals surface area (Å²) in [5.41, 5.74) is 1.02. The molecular formula is C8H10N2O2S. The van der Waals surface area contributed by atoms with Crippen molar-refractivity contribution in [3.63, 3.8) is 0 Å². The maximum absolute atomic E-state index is 10.4. The Morgan fingerprint density at radius 3 is 3.00 bits per heavy atom. The van der Waals surface area contributed by atoms with Gasteiger partial charge in [0, 0.05) is 24.0 Å². The average Bonchev–Trinajstić information content (AvgIpc) is 2.79. The van der Waals surface area contributed by atoms with Crippen LogP contribution >= 0.6 is 11.3 Å². The van der Waals surface area contributed by atoms with Gasteiger partial charge in [-0.3, -0.25) is 10.1 Å². The van der Waals surface area contributed by atoms with Crippen LogP contribution in [0.3, 0.4) is 0 Å². The first kappa shape index (κ1) is 8.65. The molecule has 1 heterocycles. The summed E-state index contributed by atoms with van der Waals surface area (Å²) < 4.78 is 0. The van der Waals surface area contributed by atoms with Crippen molar-refractivity contribution in [3.05, 3.63) is 27.1 Å². The van der Waals surface area contributed by atoms with Crippen LogP contribution in [0.1, 0.15) is 18.4 Å². The van der Waals surface area contributed by atoms with E-state index in [1.165, 1.54) is 24.2 Å². The summed E-state index contributed by atoms with van der Waals surface area (Å²) in [6.45, 7) is 0.759. The molecule has 1 saturated carbocycles. The molecule has 5 heteroatoms. The first-order chi connectivity index (χ1) is 6.25. The van der Waals surface area contributed by atoms with Crippen molar-refractivity contribution in [1.82, 2.24) is 5.32 Å². The Kier molecular flexibility index (Phi) is 2.28. The fourth-order valence-corrected chi connectivity index (χ4v) is 1.83. The zero-order valence-corrected chi connectivity index (χ0v) is 7.84. The molecule has 1 aromatic rings. The van der Waals surface area contributed by atoms with Gasteiger partial charge in [0.15, 0.2) is 0 Å². The zero-order valence-electron chi connectivity index (χ0n) is 7.03. The topological polar surface area (TPSA) is 55.2 Å². The Bertz CT molecular complexity index is 320. The molecule has 0 unspecified atom stereocenters. The maximum Gasteiger partial charge on any atom is 0.324 e. The molecule has 1 aromatic heterocycles. The molecule has 1 fully saturated rings. The molecular weight excluding hydrogens is 188 g/mol. The molecule has 1 aliphatic carbocycles. The molecule has 0 bridgehead atoms. The van der Waals surface area contributed by atoms with E-state index >= 15 is 0 Å². The van der Waals surface area contributed by atoms with Gasteiger partial charge in [0.05, 0.1) is 4.92 Å². The minimum atomic E-state index is -0.342. The first-order valence-electron chi connectivity index (χ1n) is 4.21. The first-order valence-corrected chi connectivity index (χ1v) is 5.09. The molecule has 0 amide bonds. The van der Waals surface area contributed by atoms with Crippen LogP contribution in [0.25, 0.3) is 0 Å². The quantitative estimate of drug-likeness (QED) is 0.594. The fourth-order valence-electron chi connectivity index (χ4n) is 1.10. The van der Waals surface area contributed by atoms with E-state index in [4.69, 9.17) is 0 Å². The lowest BCUT2D eigenvalue weighted by molar-refractivity contribution is -0.380. The number of thiophene rings is 1. The van der Waals surface area contributed by atoms with Gasteiger partial charge in [-0.15, -0.1) is 0 Å². The van der Waals surface area contributed by atoms with Crippen molar-refractivity contribution in [3.8, 4) is 0 Å². The van der Waals surface area contributed by atoms with Crippen LogP contribution in [-0.2, 0) is 6.54 Å². The third-order valence-electron chi connectivity index (χ3n) is 1.99. The van der Waals surface area contributed by atoms with Crippen LogP contribution < -0.4 is 5.32 Å². The predicted octanol–water partition coefficient (Wildman–Crippen LogP) is 1.91. The third-order valence-corrected chi connectivity index (χ3v) is 2.92. The van der Waals surface area contributed by atoms with E-state index in [-0.39, 0.29) is 9.92 Å². The Labute approximate surface area is 79.7 Å². The lowest BCUT2D eigenvalue weighted by Gasteiger charge is -1.97. The number of nitrogens with one attached hydrogen (secondary N) is 1. The highest BCUT2D eigenvalue weighted by Crippen LogP contribution is 2.24. The minimum absolute atomic E-state index is 0.229. The van der Waals surface area contributed by atoms with Gasteiger partial charge >= 0.3 is 5.00 Å². The second-order valence-electron chi connectivity index (χ2n) is 3.21. The number of nitrogens with zero attached hydrogens (tertiary/aromatic N) is 1. The van der Waals surface area contributed by atoms with Crippen molar-refractivity contribution in [2.75, 3.05) is 0 Å². The minimum Gasteiger partial charge on any atom is -0.310 e. The van der Waals surface area contributed by atoms with Gasteiger partial charge in [-0.05, 0) is 18.4 Å². The van der Waals surface area contributed by atoms with Crippen molar-refractivity contribution >= 4 is 16.3 Å². The van der Waals surface area contributed by atoms with E-state index < -0.39 is 0 Å². The molecule has 0 aromatic carbocycles. The zero-order chi connectivity index (χ0) is 9.26. The van der Waals surface area contributed by atoms with Crippen molar-refractivity contribution in [1.29, 1.82) is 0 Å². The molecule has 0 atom stereocenters. The van der Waals surface area contributed by atoms with Gasteiger partial charge in [0.25, 0.3) is 0 Å². The van der Waals surface area contributed by atoms with Crippen molar-refractivity contribution in [2.24, 2.45) is 0 Å². The second-order valence-corrected chi connectivity index (χ2v) is 4.10. The number of nitro groups is 1. The monoisotopic (exact) mass is 198 g/mol. The molecule has 13 heavy (non-hydrogen) atoms. The summed E-state index contributed by atoms with van der Waals surface area (Å²) in [6.07, 6.45) is 2.48. The highest BCUT2D eigenvalue weighted by atomic mass is 32.1. The van der Waals surface area contributed by atoms with Crippen molar-refractivity contribution in [2.45, 2.75) is 25.4 Å². The second kappa shape index (κ2) is 3.43. The SMILES string of the molecule is O=[N+]([O-])c1cc(CNC2CC2)cs1. The van der Waals surface area contributed by atoms with Gasteiger partial charge in [0.1, 0.15) is 0 Å². The number of hydrogen-bond donors (Lipinski definition) is 1. The molecule has 2 rings (SSSR count). The summed E-state index contributed by atoms with van der Waals surface area (Å²) >= 11 is 1.19. The van der Waals surface area contributed by atoms with E-state index in [9.17, 15) is 10.1 Å². The summed E-state index contributed by atoms with van der Waals surface area (Å²) in [6, 6.07) is 2.29. The molecule has 0 aliphatic heterocycles. The van der Waals surface area contributed by atoms with Crippen molar-refractivity contribution < 1.29 is 4.92 Å². The average molecular weight is 198 g/mol. The molecule has 70 valence electrons. The van der Waals surface area contributed by atoms with E-state index in [0.29, 0.717) is 6.04 Å². The van der Waals surface area contributed by atoms with Crippen LogP contribution in [0.2, 0.25) is 0 Å². The normalized spacial score (nSPS) is 16.0. The third kappa shape index (κ3) is 2.26. The summed E-state index contributed by atoms with van der Waals surface area (Å²) in [4.78, 5) is 10.0. The van der Waals surface area contributed by atoms with Crippen LogP contribution in [0, 0.1) is 10.1 Å². The highest BCUT2D eigenvalue weighted by molar-refractivity contribution is 7.13. The van der Waals surface area contributed by atoms with Gasteiger partial charge in [-0.25, -0.2) is 0 Å². The Hall–Kier alpha value is -0.940. The van der Waals surface area contributed by atoms with Gasteiger partial charge in [0.2, 0.25) is 0 Å². The Balaban J connectivity index is 1.92. The maximum atomic E-state index is 10.4. The largest absolute Gasteiger partial charge is 0.324 e. The van der Waals surface area contributed by atoms with Crippen LogP contribution in [0.4, 0.5) is 5.00 Å². The van der Waals surface area contributed by atoms with E-state index in [1.807, 2.05) is 5.38 Å². The predicted molar refractivity (Wildman–Crippen MR) is 50.8 cm³/mol. The number of hydrogen-bond acceptors (Lipinski definition) is 4. The summed E-state index contributed by atoms with van der Waals surface area (Å²) in [7, 11) is 0. The van der Waals surface area contributed by atoms with Crippen LogP contribution in [-0.4, -0.2) is 11.0 Å². The van der Waals surface area contributed by atoms with E-state index in [0.717, 1.165) is 12.1 Å². The summed E-state index contributed by atoms with van der Waals surface area (Å²) in [5, 5.41) is 15.7. The van der Waals surface area contributed by atoms with Crippen LogP contribution in [0.5, 0.6) is 0 Å². The van der Waals surface area contributed by atoms with E-state index in [2.05, 4.69) is 5.32 Å². The molecule has 4 nitrogen and oxygen atoms in total. The molecule has 0 radical (unpaired) electrons. The van der Waals surface area contributed by atoms with Gasteiger partial charge in [-0.1, -0.05) is 11.3 Å².